The number of amides is 1. The van der Waals surface area contributed by atoms with Gasteiger partial charge in [-0.05, 0) is 40.5 Å². The van der Waals surface area contributed by atoms with Crippen molar-refractivity contribution in [1.29, 1.82) is 0 Å². The number of hydrogen-bond acceptors (Lipinski definition) is 3. The number of phenols is 1. The number of phenolic OH excluding ortho intramolecular Hbond substituents is 1. The summed E-state index contributed by atoms with van der Waals surface area (Å²) in [6.45, 7) is 4.21. The van der Waals surface area contributed by atoms with Crippen molar-refractivity contribution in [3.05, 3.63) is 77.4 Å². The molecule has 0 unspecified atom stereocenters. The molecule has 0 heterocycles. The molecule has 3 rings (SSSR count). The number of fused-ring (bicyclic) bond motifs is 1. The molecule has 1 amide bonds. The summed E-state index contributed by atoms with van der Waals surface area (Å²) in [6.07, 6.45) is 1.47. The first-order valence-electron chi connectivity index (χ1n) is 8.20. The Bertz CT molecular complexity index is 928. The number of nitrogens with one attached hydrogen (secondary N) is 1. The smallest absolute Gasteiger partial charge is 0.271 e. The van der Waals surface area contributed by atoms with E-state index in [1.54, 1.807) is 18.2 Å². The van der Waals surface area contributed by atoms with Crippen LogP contribution in [-0.2, 0) is 0 Å². The van der Waals surface area contributed by atoms with Gasteiger partial charge in [-0.2, -0.15) is 5.10 Å². The molecule has 0 bridgehead atoms. The van der Waals surface area contributed by atoms with Crippen molar-refractivity contribution >= 4 is 22.9 Å². The number of carbonyl (C=O) groups is 1. The Hall–Kier alpha value is -3.14. The van der Waals surface area contributed by atoms with Crippen LogP contribution in [0.1, 0.15) is 41.3 Å². The standard InChI is InChI=1S/C21H20N2O2/c1-14(2)15-7-9-17(10-8-15)21(25)23-22-13-19-18-6-4-3-5-16(18)11-12-20(19)24/h3-14,24H,1-2H3,(H,23,25). The summed E-state index contributed by atoms with van der Waals surface area (Å²) >= 11 is 0. The van der Waals surface area contributed by atoms with Gasteiger partial charge in [0.15, 0.2) is 0 Å². The number of hydrazone groups is 1. The SMILES string of the molecule is CC(C)c1ccc(C(=O)NN=Cc2c(O)ccc3ccccc23)cc1. The van der Waals surface area contributed by atoms with E-state index >= 15 is 0 Å². The highest BCUT2D eigenvalue weighted by atomic mass is 16.3. The highest BCUT2D eigenvalue weighted by Crippen LogP contribution is 2.25. The number of nitrogens with zero attached hydrogens (tertiary/aromatic N) is 1. The third-order valence-electron chi connectivity index (χ3n) is 4.15. The Morgan fingerprint density at radius 2 is 1.76 bits per heavy atom. The van der Waals surface area contributed by atoms with E-state index in [4.69, 9.17) is 0 Å². The van der Waals surface area contributed by atoms with Crippen LogP contribution in [-0.4, -0.2) is 17.2 Å². The van der Waals surface area contributed by atoms with Gasteiger partial charge in [-0.1, -0.05) is 56.3 Å². The van der Waals surface area contributed by atoms with Gasteiger partial charge in [0.2, 0.25) is 0 Å². The van der Waals surface area contributed by atoms with Crippen molar-refractivity contribution in [2.75, 3.05) is 0 Å². The minimum Gasteiger partial charge on any atom is -0.507 e. The van der Waals surface area contributed by atoms with Crippen molar-refractivity contribution in [2.24, 2.45) is 5.10 Å². The summed E-state index contributed by atoms with van der Waals surface area (Å²) < 4.78 is 0. The van der Waals surface area contributed by atoms with Gasteiger partial charge < -0.3 is 5.11 Å². The van der Waals surface area contributed by atoms with Crippen molar-refractivity contribution < 1.29 is 9.90 Å². The Morgan fingerprint density at radius 3 is 2.48 bits per heavy atom. The largest absolute Gasteiger partial charge is 0.507 e. The molecule has 0 aliphatic carbocycles. The number of aromatic hydroxyl groups is 1. The van der Waals surface area contributed by atoms with Crippen molar-refractivity contribution in [3.63, 3.8) is 0 Å². The molecule has 3 aromatic rings. The molecule has 3 aromatic carbocycles. The topological polar surface area (TPSA) is 61.7 Å². The maximum Gasteiger partial charge on any atom is 0.271 e. The van der Waals surface area contributed by atoms with Crippen LogP contribution in [0.15, 0.2) is 65.8 Å². The Labute approximate surface area is 146 Å². The van der Waals surface area contributed by atoms with E-state index in [1.807, 2.05) is 42.5 Å². The zero-order valence-corrected chi connectivity index (χ0v) is 14.2. The Balaban J connectivity index is 1.77. The lowest BCUT2D eigenvalue weighted by atomic mass is 10.0. The summed E-state index contributed by atoms with van der Waals surface area (Å²) in [4.78, 5) is 12.2. The van der Waals surface area contributed by atoms with Gasteiger partial charge in [0, 0.05) is 11.1 Å². The first-order valence-corrected chi connectivity index (χ1v) is 8.20. The van der Waals surface area contributed by atoms with Crippen LogP contribution in [0.2, 0.25) is 0 Å². The third kappa shape index (κ3) is 3.69. The number of rotatable bonds is 4. The van der Waals surface area contributed by atoms with Crippen molar-refractivity contribution in [1.82, 2.24) is 5.43 Å². The van der Waals surface area contributed by atoms with Gasteiger partial charge in [0.05, 0.1) is 6.21 Å². The molecule has 0 spiro atoms. The lowest BCUT2D eigenvalue weighted by Gasteiger charge is -2.06. The molecular weight excluding hydrogens is 312 g/mol. The number of carbonyl (C=O) groups excluding carboxylic acids is 1. The van der Waals surface area contributed by atoms with E-state index in [9.17, 15) is 9.90 Å². The molecule has 0 aliphatic heterocycles. The molecule has 0 fully saturated rings. The van der Waals surface area contributed by atoms with Crippen LogP contribution < -0.4 is 5.43 Å². The van der Waals surface area contributed by atoms with Crippen LogP contribution in [0, 0.1) is 0 Å². The molecule has 0 atom stereocenters. The summed E-state index contributed by atoms with van der Waals surface area (Å²) in [6, 6.07) is 18.6. The quantitative estimate of drug-likeness (QED) is 0.548. The highest BCUT2D eigenvalue weighted by Gasteiger charge is 2.07. The van der Waals surface area contributed by atoms with Gasteiger partial charge in [-0.25, -0.2) is 5.43 Å². The Kier molecular flexibility index (Phi) is 4.80. The minimum atomic E-state index is -0.286. The molecule has 126 valence electrons. The monoisotopic (exact) mass is 332 g/mol. The zero-order chi connectivity index (χ0) is 17.8. The number of benzene rings is 3. The molecule has 4 heteroatoms. The van der Waals surface area contributed by atoms with Crippen molar-refractivity contribution in [3.8, 4) is 5.75 Å². The fraction of sp³-hybridized carbons (Fsp3) is 0.143. The zero-order valence-electron chi connectivity index (χ0n) is 14.2. The third-order valence-corrected chi connectivity index (χ3v) is 4.15. The molecule has 0 aromatic heterocycles. The van der Waals surface area contributed by atoms with E-state index in [-0.39, 0.29) is 11.7 Å². The number of hydrogen-bond donors (Lipinski definition) is 2. The molecule has 0 saturated carbocycles. The van der Waals surface area contributed by atoms with E-state index in [1.165, 1.54) is 11.8 Å². The second-order valence-electron chi connectivity index (χ2n) is 6.20. The van der Waals surface area contributed by atoms with Gasteiger partial charge >= 0.3 is 0 Å². The minimum absolute atomic E-state index is 0.123. The van der Waals surface area contributed by atoms with Crippen molar-refractivity contribution in [2.45, 2.75) is 19.8 Å². The van der Waals surface area contributed by atoms with Gasteiger partial charge in [0.1, 0.15) is 5.75 Å². The summed E-state index contributed by atoms with van der Waals surface area (Å²) in [5.41, 5.74) is 4.81. The average Bonchev–Trinajstić information content (AvgIpc) is 2.63. The highest BCUT2D eigenvalue weighted by molar-refractivity contribution is 6.03. The lowest BCUT2D eigenvalue weighted by molar-refractivity contribution is 0.0955. The van der Waals surface area contributed by atoms with Crippen LogP contribution in [0.25, 0.3) is 10.8 Å². The maximum atomic E-state index is 12.2. The average molecular weight is 332 g/mol. The second kappa shape index (κ2) is 7.18. The van der Waals surface area contributed by atoms with Crippen LogP contribution >= 0.6 is 0 Å². The van der Waals surface area contributed by atoms with E-state index in [2.05, 4.69) is 24.4 Å². The van der Waals surface area contributed by atoms with Gasteiger partial charge in [-0.3, -0.25) is 4.79 Å². The van der Waals surface area contributed by atoms with Gasteiger partial charge in [0.25, 0.3) is 5.91 Å². The molecule has 0 radical (unpaired) electrons. The summed E-state index contributed by atoms with van der Waals surface area (Å²) in [5, 5.41) is 15.9. The van der Waals surface area contributed by atoms with E-state index in [0.29, 0.717) is 17.0 Å². The fourth-order valence-corrected chi connectivity index (χ4v) is 2.66. The summed E-state index contributed by atoms with van der Waals surface area (Å²) in [7, 11) is 0. The van der Waals surface area contributed by atoms with Crippen LogP contribution in [0.5, 0.6) is 5.75 Å². The second-order valence-corrected chi connectivity index (χ2v) is 6.20. The van der Waals surface area contributed by atoms with E-state index < -0.39 is 0 Å². The predicted octanol–water partition coefficient (Wildman–Crippen LogP) is 4.43. The molecule has 0 saturated heterocycles. The first kappa shape index (κ1) is 16.7. The summed E-state index contributed by atoms with van der Waals surface area (Å²) in [5.74, 6) is 0.258. The molecular formula is C21H20N2O2. The fourth-order valence-electron chi connectivity index (χ4n) is 2.66. The lowest BCUT2D eigenvalue weighted by Crippen LogP contribution is -2.17. The molecule has 25 heavy (non-hydrogen) atoms. The molecule has 4 nitrogen and oxygen atoms in total. The Morgan fingerprint density at radius 1 is 1.04 bits per heavy atom. The normalized spacial score (nSPS) is 11.3. The molecule has 2 N–H and O–H groups in total. The first-order chi connectivity index (χ1) is 12.1. The predicted molar refractivity (Wildman–Crippen MR) is 101 cm³/mol. The van der Waals surface area contributed by atoms with E-state index in [0.717, 1.165) is 10.8 Å². The molecule has 0 aliphatic rings. The van der Waals surface area contributed by atoms with Gasteiger partial charge in [-0.15, -0.1) is 0 Å². The van der Waals surface area contributed by atoms with Crippen LogP contribution in [0.4, 0.5) is 0 Å². The maximum absolute atomic E-state index is 12.2. The van der Waals surface area contributed by atoms with Crippen LogP contribution in [0.3, 0.4) is 0 Å².